The van der Waals surface area contributed by atoms with Gasteiger partial charge in [-0.05, 0) is 32.0 Å². The van der Waals surface area contributed by atoms with Crippen molar-refractivity contribution >= 4 is 33.7 Å². The number of rotatable bonds is 4. The highest BCUT2D eigenvalue weighted by Gasteiger charge is 2.34. The first-order valence-electron chi connectivity index (χ1n) is 10.6. The van der Waals surface area contributed by atoms with Crippen molar-refractivity contribution in [1.29, 1.82) is 0 Å². The molecule has 1 aliphatic heterocycles. The third kappa shape index (κ3) is 3.41. The van der Waals surface area contributed by atoms with Gasteiger partial charge >= 0.3 is 5.97 Å². The number of nitrogens with one attached hydrogen (secondary N) is 1. The number of hydrogen-bond donors (Lipinski definition) is 2. The van der Waals surface area contributed by atoms with E-state index in [0.717, 1.165) is 44.7 Å². The van der Waals surface area contributed by atoms with E-state index in [9.17, 15) is 9.90 Å². The molecule has 7 heteroatoms. The Hall–Kier alpha value is -3.45. The maximum atomic E-state index is 12.4. The molecule has 0 saturated carbocycles. The van der Waals surface area contributed by atoms with E-state index in [1.54, 1.807) is 0 Å². The Balaban J connectivity index is 1.42. The number of aliphatic carboxylic acids is 1. The van der Waals surface area contributed by atoms with Crippen molar-refractivity contribution < 1.29 is 9.90 Å². The van der Waals surface area contributed by atoms with Crippen molar-refractivity contribution in [3.63, 3.8) is 0 Å². The highest BCUT2D eigenvalue weighted by Crippen LogP contribution is 2.33. The predicted octanol–water partition coefficient (Wildman–Crippen LogP) is 3.68. The van der Waals surface area contributed by atoms with Gasteiger partial charge in [0.1, 0.15) is 6.04 Å². The minimum Gasteiger partial charge on any atom is -0.480 e. The number of aryl methyl sites for hydroxylation is 2. The fourth-order valence-electron chi connectivity index (χ4n) is 4.68. The van der Waals surface area contributed by atoms with E-state index in [4.69, 9.17) is 9.97 Å². The number of carboxylic acids is 1. The van der Waals surface area contributed by atoms with E-state index in [0.29, 0.717) is 26.2 Å². The maximum Gasteiger partial charge on any atom is 0.325 e. The first-order chi connectivity index (χ1) is 15.0. The van der Waals surface area contributed by atoms with Crippen LogP contribution in [0.2, 0.25) is 0 Å². The summed E-state index contributed by atoms with van der Waals surface area (Å²) < 4.78 is 0. The van der Waals surface area contributed by atoms with Crippen LogP contribution in [0, 0.1) is 13.8 Å². The molecule has 2 N–H and O–H groups in total. The predicted molar refractivity (Wildman–Crippen MR) is 121 cm³/mol. The molecule has 3 heterocycles. The van der Waals surface area contributed by atoms with Gasteiger partial charge in [-0.2, -0.15) is 0 Å². The van der Waals surface area contributed by atoms with Crippen molar-refractivity contribution in [2.24, 2.45) is 0 Å². The summed E-state index contributed by atoms with van der Waals surface area (Å²) in [5, 5.41) is 11.1. The van der Waals surface area contributed by atoms with Crippen molar-refractivity contribution in [2.75, 3.05) is 31.1 Å². The number of nitrogens with zero attached hydrogens (tertiary/aromatic N) is 4. The first kappa shape index (κ1) is 19.5. The Kier molecular flexibility index (Phi) is 4.82. The van der Waals surface area contributed by atoms with Gasteiger partial charge in [0.15, 0.2) is 5.82 Å². The smallest absolute Gasteiger partial charge is 0.325 e. The largest absolute Gasteiger partial charge is 0.480 e. The number of carboxylic acid groups (broad SMARTS) is 1. The van der Waals surface area contributed by atoms with Crippen LogP contribution in [0.4, 0.5) is 5.82 Å². The van der Waals surface area contributed by atoms with Crippen molar-refractivity contribution in [3.8, 4) is 0 Å². The van der Waals surface area contributed by atoms with Crippen LogP contribution < -0.4 is 4.90 Å². The summed E-state index contributed by atoms with van der Waals surface area (Å²) in [5.74, 6) is 0.0662. The number of aromatic nitrogens is 3. The van der Waals surface area contributed by atoms with Gasteiger partial charge in [0, 0.05) is 48.3 Å². The quantitative estimate of drug-likeness (QED) is 0.529. The molecule has 1 saturated heterocycles. The van der Waals surface area contributed by atoms with Crippen molar-refractivity contribution in [2.45, 2.75) is 19.9 Å². The summed E-state index contributed by atoms with van der Waals surface area (Å²) in [6, 6.07) is 15.1. The Morgan fingerprint density at radius 1 is 0.968 bits per heavy atom. The average molecular weight is 415 g/mol. The van der Waals surface area contributed by atoms with Gasteiger partial charge in [0.25, 0.3) is 0 Å². The molecular formula is C24H25N5O2. The zero-order valence-corrected chi connectivity index (χ0v) is 17.7. The van der Waals surface area contributed by atoms with E-state index in [2.05, 4.69) is 14.8 Å². The van der Waals surface area contributed by atoms with Crippen LogP contribution in [0.5, 0.6) is 0 Å². The number of carbonyl (C=O) groups is 1. The average Bonchev–Trinajstić information content (AvgIpc) is 3.09. The Morgan fingerprint density at radius 3 is 2.32 bits per heavy atom. The Labute approximate surface area is 180 Å². The molecule has 7 nitrogen and oxygen atoms in total. The standard InChI is InChI=1S/C24H25N5O2/c1-15-21(17-7-3-4-8-18(17)25-15)22(24(30)31)28-11-13-29(14-12-28)23-16(2)26-19-9-5-6-10-20(19)27-23/h3-10,22,25H,11-14H2,1-2H3,(H,30,31). The van der Waals surface area contributed by atoms with Gasteiger partial charge in [0.2, 0.25) is 0 Å². The van der Waals surface area contributed by atoms with Gasteiger partial charge in [0.05, 0.1) is 16.7 Å². The van der Waals surface area contributed by atoms with Crippen LogP contribution in [0.3, 0.4) is 0 Å². The van der Waals surface area contributed by atoms with Crippen LogP contribution in [0.15, 0.2) is 48.5 Å². The van der Waals surface area contributed by atoms with Crippen molar-refractivity contribution in [1.82, 2.24) is 19.9 Å². The Morgan fingerprint density at radius 2 is 1.61 bits per heavy atom. The summed E-state index contributed by atoms with van der Waals surface area (Å²) in [6.07, 6.45) is 0. The van der Waals surface area contributed by atoms with E-state index >= 15 is 0 Å². The summed E-state index contributed by atoms with van der Waals surface area (Å²) in [7, 11) is 0. The Bertz CT molecular complexity index is 1270. The van der Waals surface area contributed by atoms with Crippen LogP contribution in [0.1, 0.15) is 23.0 Å². The molecule has 31 heavy (non-hydrogen) atoms. The number of para-hydroxylation sites is 3. The molecule has 2 aromatic heterocycles. The van der Waals surface area contributed by atoms with Crippen molar-refractivity contribution in [3.05, 3.63) is 65.5 Å². The van der Waals surface area contributed by atoms with Crippen LogP contribution in [-0.2, 0) is 4.79 Å². The minimum absolute atomic E-state index is 0.643. The second-order valence-corrected chi connectivity index (χ2v) is 8.09. The van der Waals surface area contributed by atoms with E-state index < -0.39 is 12.0 Å². The van der Waals surface area contributed by atoms with Crippen LogP contribution in [0.25, 0.3) is 21.9 Å². The molecule has 5 rings (SSSR count). The lowest BCUT2D eigenvalue weighted by Crippen LogP contribution is -2.49. The normalized spacial score (nSPS) is 16.1. The minimum atomic E-state index is -0.817. The molecular weight excluding hydrogens is 390 g/mol. The SMILES string of the molecule is Cc1nc2ccccc2nc1N1CCN(C(C(=O)O)c2c(C)[nH]c3ccccc23)CC1. The van der Waals surface area contributed by atoms with E-state index in [1.807, 2.05) is 62.4 Å². The van der Waals surface area contributed by atoms with Gasteiger partial charge in [-0.15, -0.1) is 0 Å². The second kappa shape index (κ2) is 7.67. The molecule has 4 aromatic rings. The number of piperazine rings is 1. The van der Waals surface area contributed by atoms with E-state index in [1.165, 1.54) is 0 Å². The second-order valence-electron chi connectivity index (χ2n) is 8.09. The van der Waals surface area contributed by atoms with Gasteiger partial charge in [-0.1, -0.05) is 30.3 Å². The number of H-pyrrole nitrogens is 1. The topological polar surface area (TPSA) is 85.3 Å². The summed E-state index contributed by atoms with van der Waals surface area (Å²) in [4.78, 5) is 29.5. The lowest BCUT2D eigenvalue weighted by atomic mass is 10.0. The number of fused-ring (bicyclic) bond motifs is 2. The highest BCUT2D eigenvalue weighted by molar-refractivity contribution is 5.90. The first-order valence-corrected chi connectivity index (χ1v) is 10.6. The number of hydrogen-bond acceptors (Lipinski definition) is 5. The molecule has 0 spiro atoms. The molecule has 0 radical (unpaired) electrons. The number of anilines is 1. The summed E-state index contributed by atoms with van der Waals surface area (Å²) in [5.41, 5.74) is 5.41. The molecule has 1 aliphatic rings. The van der Waals surface area contributed by atoms with Crippen LogP contribution in [-0.4, -0.2) is 57.1 Å². The molecule has 0 amide bonds. The molecule has 158 valence electrons. The lowest BCUT2D eigenvalue weighted by Gasteiger charge is -2.38. The monoisotopic (exact) mass is 415 g/mol. The fourth-order valence-corrected chi connectivity index (χ4v) is 4.68. The molecule has 1 fully saturated rings. The third-order valence-corrected chi connectivity index (χ3v) is 6.15. The zero-order chi connectivity index (χ0) is 21.5. The molecule has 1 atom stereocenters. The van der Waals surface area contributed by atoms with Crippen LogP contribution >= 0.6 is 0 Å². The highest BCUT2D eigenvalue weighted by atomic mass is 16.4. The lowest BCUT2D eigenvalue weighted by molar-refractivity contribution is -0.143. The molecule has 2 aromatic carbocycles. The van der Waals surface area contributed by atoms with Gasteiger partial charge in [-0.25, -0.2) is 9.97 Å². The van der Waals surface area contributed by atoms with Gasteiger partial charge in [-0.3, -0.25) is 9.69 Å². The fraction of sp³-hybridized carbons (Fsp3) is 0.292. The number of benzene rings is 2. The molecule has 0 bridgehead atoms. The maximum absolute atomic E-state index is 12.4. The van der Waals surface area contributed by atoms with Gasteiger partial charge < -0.3 is 15.0 Å². The molecule has 1 unspecified atom stereocenters. The van der Waals surface area contributed by atoms with E-state index in [-0.39, 0.29) is 0 Å². The zero-order valence-electron chi connectivity index (χ0n) is 17.7. The number of aromatic amines is 1. The summed E-state index contributed by atoms with van der Waals surface area (Å²) >= 11 is 0. The third-order valence-electron chi connectivity index (χ3n) is 6.15. The molecule has 0 aliphatic carbocycles. The summed E-state index contributed by atoms with van der Waals surface area (Å²) in [6.45, 7) is 6.64.